The lowest BCUT2D eigenvalue weighted by Gasteiger charge is -2.40. The summed E-state index contributed by atoms with van der Waals surface area (Å²) in [6.45, 7) is 6.64. The van der Waals surface area contributed by atoms with Crippen LogP contribution in [0.15, 0.2) is 0 Å². The first-order chi connectivity index (χ1) is 14.5. The molecule has 4 aliphatic carbocycles. The normalized spacial score (nSPS) is 41.1. The molecule has 0 radical (unpaired) electrons. The number of carbonyl (C=O) groups excluding carboxylic acids is 2. The largest absolute Gasteiger partial charge is 0.459 e. The minimum Gasteiger partial charge on any atom is -0.459 e. The third-order valence-corrected chi connectivity index (χ3v) is 9.37. The second-order valence-electron chi connectivity index (χ2n) is 10.4. The van der Waals surface area contributed by atoms with Crippen molar-refractivity contribution in [1.82, 2.24) is 0 Å². The van der Waals surface area contributed by atoms with Gasteiger partial charge in [0.1, 0.15) is 5.60 Å². The second kappa shape index (κ2) is 8.80. The number of hydrogen-bond acceptors (Lipinski definition) is 5. The summed E-state index contributed by atoms with van der Waals surface area (Å²) < 4.78 is 16.7. The maximum atomic E-state index is 13.6. The molecule has 0 saturated heterocycles. The monoisotopic (exact) mass is 420 g/mol. The van der Waals surface area contributed by atoms with Crippen LogP contribution in [-0.2, 0) is 23.8 Å². The zero-order chi connectivity index (χ0) is 21.5. The summed E-state index contributed by atoms with van der Waals surface area (Å²) in [7, 11) is 1.52. The van der Waals surface area contributed by atoms with Crippen molar-refractivity contribution in [3.05, 3.63) is 0 Å². The molecular weight excluding hydrogens is 380 g/mol. The second-order valence-corrected chi connectivity index (χ2v) is 10.4. The molecule has 4 saturated carbocycles. The van der Waals surface area contributed by atoms with Crippen molar-refractivity contribution in [2.45, 2.75) is 84.2 Å². The number of rotatable bonds is 8. The van der Waals surface area contributed by atoms with Crippen LogP contribution in [0, 0.1) is 47.3 Å². The van der Waals surface area contributed by atoms with Crippen molar-refractivity contribution in [2.75, 3.05) is 13.9 Å². The molecule has 0 aromatic carbocycles. The molecule has 8 atom stereocenters. The first-order valence-corrected chi connectivity index (χ1v) is 12.4. The molecule has 8 unspecified atom stereocenters. The summed E-state index contributed by atoms with van der Waals surface area (Å²) in [4.78, 5) is 26.7. The van der Waals surface area contributed by atoms with Gasteiger partial charge in [-0.2, -0.15) is 0 Å². The van der Waals surface area contributed by atoms with Gasteiger partial charge < -0.3 is 14.2 Å². The Kier molecular flexibility index (Phi) is 6.48. The topological polar surface area (TPSA) is 61.8 Å². The van der Waals surface area contributed by atoms with Gasteiger partial charge in [0.25, 0.3) is 0 Å². The summed E-state index contributed by atoms with van der Waals surface area (Å²) in [6.07, 6.45) is 9.57. The van der Waals surface area contributed by atoms with Crippen molar-refractivity contribution in [3.63, 3.8) is 0 Å². The lowest BCUT2D eigenvalue weighted by atomic mass is 9.65. The molecule has 5 nitrogen and oxygen atoms in total. The van der Waals surface area contributed by atoms with E-state index >= 15 is 0 Å². The van der Waals surface area contributed by atoms with Gasteiger partial charge in [-0.3, -0.25) is 9.59 Å². The van der Waals surface area contributed by atoms with E-state index in [9.17, 15) is 9.59 Å². The van der Waals surface area contributed by atoms with Crippen LogP contribution in [0.25, 0.3) is 0 Å². The summed E-state index contributed by atoms with van der Waals surface area (Å²) in [6, 6.07) is 0. The molecule has 4 fully saturated rings. The van der Waals surface area contributed by atoms with Gasteiger partial charge in [-0.25, -0.2) is 0 Å². The Morgan fingerprint density at radius 2 is 1.43 bits per heavy atom. The zero-order valence-electron chi connectivity index (χ0n) is 19.2. The van der Waals surface area contributed by atoms with E-state index in [4.69, 9.17) is 14.2 Å². The van der Waals surface area contributed by atoms with E-state index in [1.165, 1.54) is 20.0 Å². The van der Waals surface area contributed by atoms with E-state index in [-0.39, 0.29) is 48.0 Å². The number of fused-ring (bicyclic) bond motifs is 5. The van der Waals surface area contributed by atoms with Crippen molar-refractivity contribution in [1.29, 1.82) is 0 Å². The number of methoxy groups -OCH3 is 1. The Labute approximate surface area is 181 Å². The summed E-state index contributed by atoms with van der Waals surface area (Å²) in [5.41, 5.74) is -0.314. The predicted molar refractivity (Wildman–Crippen MR) is 113 cm³/mol. The molecule has 0 heterocycles. The van der Waals surface area contributed by atoms with Crippen LogP contribution in [-0.4, -0.2) is 31.4 Å². The molecule has 0 amide bonds. The third-order valence-electron chi connectivity index (χ3n) is 9.37. The number of esters is 2. The fourth-order valence-electron chi connectivity index (χ4n) is 8.10. The van der Waals surface area contributed by atoms with Crippen molar-refractivity contribution in [2.24, 2.45) is 47.3 Å². The molecule has 2 bridgehead atoms. The lowest BCUT2D eigenvalue weighted by Crippen LogP contribution is -2.46. The standard InChI is InChI=1S/C25H40O5/c1-5-15-12-16(6-2)20-18-13-17(19(15)20)21(23(26)29-14-28-4)22(18)24(27)30-25(7-3)10-8-9-11-25/h15-22H,5-14H2,1-4H3. The Morgan fingerprint density at radius 1 is 0.867 bits per heavy atom. The third kappa shape index (κ3) is 3.49. The Bertz CT molecular complexity index is 639. The van der Waals surface area contributed by atoms with Crippen LogP contribution in [0.2, 0.25) is 0 Å². The van der Waals surface area contributed by atoms with E-state index in [0.717, 1.165) is 44.9 Å². The van der Waals surface area contributed by atoms with E-state index in [0.29, 0.717) is 23.7 Å². The van der Waals surface area contributed by atoms with E-state index < -0.39 is 0 Å². The van der Waals surface area contributed by atoms with E-state index in [1.54, 1.807) is 0 Å². The molecule has 5 heteroatoms. The average Bonchev–Trinajstić information content (AvgIpc) is 3.51. The predicted octanol–water partition coefficient (Wildman–Crippen LogP) is 4.97. The maximum absolute atomic E-state index is 13.6. The maximum Gasteiger partial charge on any atom is 0.312 e. The molecule has 170 valence electrons. The molecule has 0 N–H and O–H groups in total. The fourth-order valence-corrected chi connectivity index (χ4v) is 8.10. The van der Waals surface area contributed by atoms with Gasteiger partial charge in [0.15, 0.2) is 6.79 Å². The van der Waals surface area contributed by atoms with Gasteiger partial charge in [0.2, 0.25) is 0 Å². The molecule has 0 spiro atoms. The molecule has 4 rings (SSSR count). The van der Waals surface area contributed by atoms with Crippen molar-refractivity contribution >= 4 is 11.9 Å². The lowest BCUT2D eigenvalue weighted by molar-refractivity contribution is -0.180. The van der Waals surface area contributed by atoms with Gasteiger partial charge in [0, 0.05) is 7.11 Å². The number of carbonyl (C=O) groups is 2. The van der Waals surface area contributed by atoms with Gasteiger partial charge >= 0.3 is 11.9 Å². The highest BCUT2D eigenvalue weighted by molar-refractivity contribution is 5.84. The smallest absolute Gasteiger partial charge is 0.312 e. The molecule has 0 aliphatic heterocycles. The average molecular weight is 421 g/mol. The van der Waals surface area contributed by atoms with Gasteiger partial charge in [-0.1, -0.05) is 33.6 Å². The van der Waals surface area contributed by atoms with Crippen LogP contribution >= 0.6 is 0 Å². The Hall–Kier alpha value is -1.10. The van der Waals surface area contributed by atoms with Crippen LogP contribution < -0.4 is 0 Å². The SMILES string of the molecule is CCC1CC(CC)C2C3CC(C(C(=O)OCOC)C3C(=O)OC3(CC)CCCC3)C12. The van der Waals surface area contributed by atoms with Crippen LogP contribution in [0.5, 0.6) is 0 Å². The summed E-state index contributed by atoms with van der Waals surface area (Å²) in [5, 5.41) is 0. The molecule has 4 aliphatic rings. The highest BCUT2D eigenvalue weighted by Gasteiger charge is 2.67. The first kappa shape index (κ1) is 22.1. The highest BCUT2D eigenvalue weighted by Crippen LogP contribution is 2.68. The minimum atomic E-state index is -0.362. The van der Waals surface area contributed by atoms with Crippen LogP contribution in [0.3, 0.4) is 0 Å². The summed E-state index contributed by atoms with van der Waals surface area (Å²) >= 11 is 0. The van der Waals surface area contributed by atoms with Crippen molar-refractivity contribution < 1.29 is 23.8 Å². The molecule has 30 heavy (non-hydrogen) atoms. The quantitative estimate of drug-likeness (QED) is 0.410. The number of hydrogen-bond donors (Lipinski definition) is 0. The van der Waals surface area contributed by atoms with E-state index in [1.807, 2.05) is 0 Å². The highest BCUT2D eigenvalue weighted by atomic mass is 16.7. The molecule has 0 aromatic heterocycles. The summed E-state index contributed by atoms with van der Waals surface area (Å²) in [5.74, 6) is 1.91. The number of ether oxygens (including phenoxy) is 3. The fraction of sp³-hybridized carbons (Fsp3) is 0.920. The van der Waals surface area contributed by atoms with Crippen molar-refractivity contribution in [3.8, 4) is 0 Å². The molecule has 0 aromatic rings. The van der Waals surface area contributed by atoms with Gasteiger partial charge in [-0.15, -0.1) is 0 Å². The van der Waals surface area contributed by atoms with E-state index in [2.05, 4.69) is 20.8 Å². The van der Waals surface area contributed by atoms with Crippen LogP contribution in [0.1, 0.15) is 78.6 Å². The zero-order valence-corrected chi connectivity index (χ0v) is 19.2. The minimum absolute atomic E-state index is 0.0454. The first-order valence-electron chi connectivity index (χ1n) is 12.4. The Balaban J connectivity index is 1.61. The Morgan fingerprint density at radius 3 is 1.93 bits per heavy atom. The van der Waals surface area contributed by atoms with Crippen LogP contribution in [0.4, 0.5) is 0 Å². The van der Waals surface area contributed by atoms with Gasteiger partial charge in [-0.05, 0) is 80.5 Å². The van der Waals surface area contributed by atoms with Gasteiger partial charge in [0.05, 0.1) is 11.8 Å². The molecular formula is C25H40O5.